The molecule has 1 atom stereocenters. The van der Waals surface area contributed by atoms with Crippen molar-refractivity contribution < 1.29 is 23.1 Å². The molecule has 1 N–H and O–H groups in total. The van der Waals surface area contributed by atoms with E-state index < -0.39 is 35.1 Å². The number of amides is 1. The zero-order valence-corrected chi connectivity index (χ0v) is 16.2. The maximum absolute atomic E-state index is 13.8. The predicted octanol–water partition coefficient (Wildman–Crippen LogP) is 3.25. The number of aromatic nitrogens is 2. The number of esters is 1. The van der Waals surface area contributed by atoms with Gasteiger partial charge in [-0.1, -0.05) is 12.1 Å². The van der Waals surface area contributed by atoms with Crippen LogP contribution in [-0.4, -0.2) is 33.8 Å². The Morgan fingerprint density at radius 3 is 2.52 bits per heavy atom. The van der Waals surface area contributed by atoms with Crippen LogP contribution in [0.2, 0.25) is 0 Å². The van der Waals surface area contributed by atoms with Crippen LogP contribution in [0.1, 0.15) is 15.9 Å². The molecule has 0 aliphatic rings. The Morgan fingerprint density at radius 1 is 1.19 bits per heavy atom. The monoisotopic (exact) mass is 455 g/mol. The van der Waals surface area contributed by atoms with Crippen LogP contribution < -0.4 is 5.32 Å². The minimum atomic E-state index is -1.16. The Kier molecular flexibility index (Phi) is 5.76. The highest BCUT2D eigenvalue weighted by molar-refractivity contribution is 9.10. The zero-order valence-electron chi connectivity index (χ0n) is 13.8. The Morgan fingerprint density at radius 2 is 1.85 bits per heavy atom. The molecule has 0 saturated heterocycles. The Hall–Kier alpha value is -2.46. The number of hydrogen-bond donors (Lipinski definition) is 1. The molecule has 2 aromatic carbocycles. The molecule has 3 aromatic rings. The van der Waals surface area contributed by atoms with E-state index in [1.54, 1.807) is 12.1 Å². The zero-order chi connectivity index (χ0) is 19.6. The summed E-state index contributed by atoms with van der Waals surface area (Å²) >= 11 is 4.37. The normalized spacial score (nSPS) is 12.0. The van der Waals surface area contributed by atoms with E-state index in [-0.39, 0.29) is 6.42 Å². The number of carbonyl (C=O) groups is 2. The maximum atomic E-state index is 13.8. The largest absolute Gasteiger partial charge is 0.467 e. The highest BCUT2D eigenvalue weighted by Crippen LogP contribution is 2.26. The number of benzene rings is 2. The molecular formula is C17H12BrF2N3O3S. The molecule has 10 heteroatoms. The molecule has 0 radical (unpaired) electrons. The summed E-state index contributed by atoms with van der Waals surface area (Å²) in [6, 6.07) is 5.38. The van der Waals surface area contributed by atoms with Crippen LogP contribution in [0, 0.1) is 11.6 Å². The molecule has 0 bridgehead atoms. The van der Waals surface area contributed by atoms with Crippen LogP contribution in [0.3, 0.4) is 0 Å². The van der Waals surface area contributed by atoms with E-state index in [2.05, 4.69) is 30.0 Å². The lowest BCUT2D eigenvalue weighted by molar-refractivity contribution is -0.142. The van der Waals surface area contributed by atoms with Gasteiger partial charge in [0.25, 0.3) is 5.91 Å². The van der Waals surface area contributed by atoms with Crippen LogP contribution in [0.5, 0.6) is 0 Å². The number of nitrogens with zero attached hydrogens (tertiary/aromatic N) is 2. The lowest BCUT2D eigenvalue weighted by atomic mass is 10.0. The summed E-state index contributed by atoms with van der Waals surface area (Å²) in [5.41, 5.74) is 1.05. The van der Waals surface area contributed by atoms with Crippen molar-refractivity contribution in [3.8, 4) is 0 Å². The van der Waals surface area contributed by atoms with Gasteiger partial charge in [-0.05, 0) is 39.7 Å². The number of nitrogens with one attached hydrogen (secondary N) is 1. The number of ether oxygens (including phenoxy) is 1. The molecule has 27 heavy (non-hydrogen) atoms. The summed E-state index contributed by atoms with van der Waals surface area (Å²) in [5, 5.41) is 2.34. The summed E-state index contributed by atoms with van der Waals surface area (Å²) in [6.07, 6.45) is 0.0175. The van der Waals surface area contributed by atoms with Gasteiger partial charge >= 0.3 is 5.97 Å². The van der Waals surface area contributed by atoms with Gasteiger partial charge in [-0.2, -0.15) is 8.75 Å². The quantitative estimate of drug-likeness (QED) is 0.597. The SMILES string of the molecule is COC(=O)[C@H](Cc1ccc(Br)c2nsnc12)NC(=O)c1c(F)cccc1F. The second kappa shape index (κ2) is 8.05. The van der Waals surface area contributed by atoms with Crippen molar-refractivity contribution in [1.29, 1.82) is 0 Å². The molecule has 6 nitrogen and oxygen atoms in total. The van der Waals surface area contributed by atoms with Gasteiger partial charge < -0.3 is 10.1 Å². The minimum Gasteiger partial charge on any atom is -0.467 e. The number of carbonyl (C=O) groups excluding carboxylic acids is 2. The van der Waals surface area contributed by atoms with Gasteiger partial charge in [-0.25, -0.2) is 13.6 Å². The van der Waals surface area contributed by atoms with Crippen molar-refractivity contribution in [2.24, 2.45) is 0 Å². The van der Waals surface area contributed by atoms with Crippen molar-refractivity contribution in [2.45, 2.75) is 12.5 Å². The van der Waals surface area contributed by atoms with Crippen LogP contribution in [0.4, 0.5) is 8.78 Å². The first-order valence-corrected chi connectivity index (χ1v) is 9.17. The number of halogens is 3. The van der Waals surface area contributed by atoms with Crippen LogP contribution in [0.25, 0.3) is 11.0 Å². The second-order valence-corrected chi connectivity index (χ2v) is 6.90. The maximum Gasteiger partial charge on any atom is 0.328 e. The van der Waals surface area contributed by atoms with E-state index in [0.717, 1.165) is 41.5 Å². The summed E-state index contributed by atoms with van der Waals surface area (Å²) in [5.74, 6) is -3.85. The first kappa shape index (κ1) is 19.3. The molecule has 0 unspecified atom stereocenters. The molecule has 0 saturated carbocycles. The van der Waals surface area contributed by atoms with Crippen LogP contribution >= 0.6 is 27.7 Å². The molecule has 0 aliphatic heterocycles. The van der Waals surface area contributed by atoms with Gasteiger partial charge in [0.1, 0.15) is 34.3 Å². The minimum absolute atomic E-state index is 0.0175. The fourth-order valence-corrected chi connectivity index (χ4v) is 3.67. The smallest absolute Gasteiger partial charge is 0.328 e. The Balaban J connectivity index is 1.91. The topological polar surface area (TPSA) is 81.2 Å². The van der Waals surface area contributed by atoms with Gasteiger partial charge in [0, 0.05) is 10.9 Å². The average molecular weight is 456 g/mol. The number of rotatable bonds is 5. The van der Waals surface area contributed by atoms with E-state index in [1.807, 2.05) is 0 Å². The van der Waals surface area contributed by atoms with Crippen molar-refractivity contribution in [1.82, 2.24) is 14.1 Å². The van der Waals surface area contributed by atoms with E-state index in [1.165, 1.54) is 0 Å². The lowest BCUT2D eigenvalue weighted by Crippen LogP contribution is -2.43. The highest BCUT2D eigenvalue weighted by Gasteiger charge is 2.27. The van der Waals surface area contributed by atoms with Crippen LogP contribution in [0.15, 0.2) is 34.8 Å². The lowest BCUT2D eigenvalue weighted by Gasteiger charge is -2.17. The van der Waals surface area contributed by atoms with Crippen molar-refractivity contribution in [3.05, 3.63) is 57.6 Å². The predicted molar refractivity (Wildman–Crippen MR) is 98.4 cm³/mol. The highest BCUT2D eigenvalue weighted by atomic mass is 79.9. The fraction of sp³-hybridized carbons (Fsp3) is 0.176. The van der Waals surface area contributed by atoms with Gasteiger partial charge in [0.15, 0.2) is 0 Å². The summed E-state index contributed by atoms with van der Waals surface area (Å²) in [4.78, 5) is 24.5. The molecule has 0 spiro atoms. The van der Waals surface area contributed by atoms with Gasteiger partial charge in [-0.15, -0.1) is 0 Å². The number of methoxy groups -OCH3 is 1. The summed E-state index contributed by atoms with van der Waals surface area (Å²) < 4.78 is 41.5. The van der Waals surface area contributed by atoms with Crippen molar-refractivity contribution in [2.75, 3.05) is 7.11 Å². The van der Waals surface area contributed by atoms with E-state index in [4.69, 9.17) is 4.74 Å². The van der Waals surface area contributed by atoms with Gasteiger partial charge in [0.05, 0.1) is 18.8 Å². The number of fused-ring (bicyclic) bond motifs is 1. The number of hydrogen-bond acceptors (Lipinski definition) is 6. The fourth-order valence-electron chi connectivity index (χ4n) is 2.55. The molecule has 1 amide bonds. The van der Waals surface area contributed by atoms with E-state index >= 15 is 0 Å². The van der Waals surface area contributed by atoms with Crippen molar-refractivity contribution >= 4 is 50.6 Å². The van der Waals surface area contributed by atoms with Crippen molar-refractivity contribution in [3.63, 3.8) is 0 Å². The Bertz CT molecular complexity index is 1010. The molecular weight excluding hydrogens is 444 g/mol. The van der Waals surface area contributed by atoms with E-state index in [9.17, 15) is 18.4 Å². The summed E-state index contributed by atoms with van der Waals surface area (Å²) in [6.45, 7) is 0. The van der Waals surface area contributed by atoms with Gasteiger partial charge in [-0.3, -0.25) is 4.79 Å². The third-order valence-electron chi connectivity index (χ3n) is 3.85. The standard InChI is InChI=1S/C17H12BrF2N3O3S/c1-26-17(25)12(21-16(24)13-10(19)3-2-4-11(13)20)7-8-5-6-9(18)15-14(8)22-27-23-15/h2-6,12H,7H2,1H3,(H,21,24)/t12-/m0/s1. The second-order valence-electron chi connectivity index (χ2n) is 5.52. The molecule has 0 aliphatic carbocycles. The summed E-state index contributed by atoms with van der Waals surface area (Å²) in [7, 11) is 1.16. The third-order valence-corrected chi connectivity index (χ3v) is 5.02. The third kappa shape index (κ3) is 3.96. The molecule has 1 heterocycles. The molecule has 1 aromatic heterocycles. The van der Waals surface area contributed by atoms with Crippen LogP contribution in [-0.2, 0) is 16.0 Å². The van der Waals surface area contributed by atoms with E-state index in [0.29, 0.717) is 16.6 Å². The van der Waals surface area contributed by atoms with Gasteiger partial charge in [0.2, 0.25) is 0 Å². The first-order chi connectivity index (χ1) is 12.9. The molecule has 0 fully saturated rings. The first-order valence-electron chi connectivity index (χ1n) is 7.64. The molecule has 140 valence electrons. The average Bonchev–Trinajstić information content (AvgIpc) is 3.13. The Labute approximate surface area is 165 Å². The molecule has 3 rings (SSSR count).